The molecule has 2 heterocycles. The van der Waals surface area contributed by atoms with Crippen LogP contribution in [0, 0.1) is 6.92 Å². The van der Waals surface area contributed by atoms with Gasteiger partial charge in [0.25, 0.3) is 0 Å². The zero-order valence-corrected chi connectivity index (χ0v) is 18.9. The number of aromatic nitrogens is 4. The number of nitrogens with zero attached hydrogens (tertiary/aromatic N) is 4. The number of esters is 1. The highest BCUT2D eigenvalue weighted by Crippen LogP contribution is 2.29. The average molecular weight is 474 g/mol. The topological polar surface area (TPSA) is 83.0 Å². The lowest BCUT2D eigenvalue weighted by atomic mass is 10.1. The van der Waals surface area contributed by atoms with E-state index in [-0.39, 0.29) is 16.9 Å². The van der Waals surface area contributed by atoms with E-state index in [2.05, 4.69) is 15.2 Å². The van der Waals surface area contributed by atoms with Crippen LogP contribution in [0.3, 0.4) is 0 Å². The fourth-order valence-corrected chi connectivity index (χ4v) is 3.85. The molecule has 1 unspecified atom stereocenters. The number of rotatable bonds is 6. The number of aryl methyl sites for hydroxylation is 1. The van der Waals surface area contributed by atoms with Gasteiger partial charge < -0.3 is 9.15 Å². The Labute approximate surface area is 199 Å². The van der Waals surface area contributed by atoms with Crippen molar-refractivity contribution >= 4 is 17.0 Å². The number of halogens is 2. The number of imidazole rings is 1. The van der Waals surface area contributed by atoms with Crippen LogP contribution in [0.4, 0.5) is 8.78 Å². The summed E-state index contributed by atoms with van der Waals surface area (Å²) in [6, 6.07) is 20.6. The number of ether oxygens (including phenoxy) is 1. The molecule has 7 nitrogen and oxygen atoms in total. The van der Waals surface area contributed by atoms with Crippen molar-refractivity contribution < 1.29 is 22.7 Å². The van der Waals surface area contributed by atoms with Gasteiger partial charge in [0.15, 0.2) is 11.9 Å². The Balaban J connectivity index is 1.33. The second-order valence-corrected chi connectivity index (χ2v) is 7.96. The molecule has 5 rings (SSSR count). The first kappa shape index (κ1) is 22.4. The molecule has 0 aliphatic rings. The van der Waals surface area contributed by atoms with E-state index in [0.717, 1.165) is 15.7 Å². The quantitative estimate of drug-likeness (QED) is 0.266. The molecule has 5 aromatic rings. The third-order valence-electron chi connectivity index (χ3n) is 5.63. The van der Waals surface area contributed by atoms with Crippen LogP contribution < -0.4 is 0 Å². The summed E-state index contributed by atoms with van der Waals surface area (Å²) in [6.07, 6.45) is -0.990. The van der Waals surface area contributed by atoms with Crippen LogP contribution in [-0.4, -0.2) is 25.7 Å². The lowest BCUT2D eigenvalue weighted by molar-refractivity contribution is 0.0233. The van der Waals surface area contributed by atoms with Gasteiger partial charge in [0, 0.05) is 11.1 Å². The molecule has 35 heavy (non-hydrogen) atoms. The Morgan fingerprint density at radius 2 is 1.63 bits per heavy atom. The van der Waals surface area contributed by atoms with Crippen molar-refractivity contribution in [3.63, 3.8) is 0 Å². The van der Waals surface area contributed by atoms with Crippen LogP contribution in [0.2, 0.25) is 0 Å². The molecule has 0 fully saturated rings. The van der Waals surface area contributed by atoms with Gasteiger partial charge in [0.05, 0.1) is 16.6 Å². The number of carbonyl (C=O) groups excluding carboxylic acids is 1. The maximum absolute atomic E-state index is 13.7. The van der Waals surface area contributed by atoms with E-state index in [0.29, 0.717) is 22.9 Å². The lowest BCUT2D eigenvalue weighted by Gasteiger charge is -2.15. The van der Waals surface area contributed by atoms with Crippen molar-refractivity contribution in [1.29, 1.82) is 0 Å². The summed E-state index contributed by atoms with van der Waals surface area (Å²) in [5, 5.41) is 8.21. The highest BCUT2D eigenvalue weighted by molar-refractivity contribution is 5.90. The molecule has 0 saturated heterocycles. The van der Waals surface area contributed by atoms with E-state index in [4.69, 9.17) is 9.15 Å². The third-order valence-corrected chi connectivity index (χ3v) is 5.63. The second kappa shape index (κ2) is 9.09. The molecule has 0 bridgehead atoms. The number of hydrogen-bond acceptors (Lipinski definition) is 6. The fourth-order valence-electron chi connectivity index (χ4n) is 3.85. The summed E-state index contributed by atoms with van der Waals surface area (Å²) in [5.41, 5.74) is 3.40. The minimum Gasteiger partial charge on any atom is -0.451 e. The Bertz CT molecular complexity index is 1510. The molecular formula is C26H20F2N4O3. The molecule has 1 atom stereocenters. The van der Waals surface area contributed by atoms with Gasteiger partial charge in [-0.3, -0.25) is 4.57 Å². The molecule has 0 saturated carbocycles. The number of para-hydroxylation sites is 2. The molecule has 0 N–H and O–H groups in total. The van der Waals surface area contributed by atoms with Gasteiger partial charge in [-0.2, -0.15) is 8.78 Å². The first-order valence-electron chi connectivity index (χ1n) is 10.9. The monoisotopic (exact) mass is 474 g/mol. The van der Waals surface area contributed by atoms with Crippen molar-refractivity contribution in [3.05, 3.63) is 89.7 Å². The Kier molecular flexibility index (Phi) is 5.82. The summed E-state index contributed by atoms with van der Waals surface area (Å²) in [5.74, 6) is 0.0170. The molecule has 0 aliphatic heterocycles. The lowest BCUT2D eigenvalue weighted by Crippen LogP contribution is -2.14. The zero-order valence-electron chi connectivity index (χ0n) is 18.9. The highest BCUT2D eigenvalue weighted by atomic mass is 19.3. The summed E-state index contributed by atoms with van der Waals surface area (Å²) >= 11 is 0. The van der Waals surface area contributed by atoms with E-state index in [1.165, 1.54) is 6.92 Å². The molecule has 2 aromatic heterocycles. The van der Waals surface area contributed by atoms with Crippen LogP contribution in [0.1, 0.15) is 41.3 Å². The number of alkyl halides is 2. The molecule has 0 spiro atoms. The van der Waals surface area contributed by atoms with E-state index in [9.17, 15) is 13.6 Å². The molecular weight excluding hydrogens is 454 g/mol. The SMILES string of the molecule is Cc1ccccc1-c1nnc(-c2ccc(C(=O)OC(C)c3nc4ccccc4n3C(F)F)cc2)o1. The summed E-state index contributed by atoms with van der Waals surface area (Å²) in [7, 11) is 0. The molecule has 0 aliphatic carbocycles. The van der Waals surface area contributed by atoms with Crippen molar-refractivity contribution in [3.8, 4) is 22.9 Å². The summed E-state index contributed by atoms with van der Waals surface area (Å²) in [6.45, 7) is 0.645. The highest BCUT2D eigenvalue weighted by Gasteiger charge is 2.25. The van der Waals surface area contributed by atoms with Crippen molar-refractivity contribution in [2.24, 2.45) is 0 Å². The Morgan fingerprint density at radius 1 is 0.943 bits per heavy atom. The summed E-state index contributed by atoms with van der Waals surface area (Å²) < 4.78 is 39.5. The van der Waals surface area contributed by atoms with Crippen LogP contribution in [-0.2, 0) is 4.74 Å². The molecule has 0 radical (unpaired) electrons. The number of benzene rings is 3. The molecule has 176 valence electrons. The van der Waals surface area contributed by atoms with Crippen molar-refractivity contribution in [2.45, 2.75) is 26.5 Å². The van der Waals surface area contributed by atoms with Crippen molar-refractivity contribution in [2.75, 3.05) is 0 Å². The minimum absolute atomic E-state index is 0.0271. The van der Waals surface area contributed by atoms with Crippen LogP contribution in [0.5, 0.6) is 0 Å². The van der Waals surface area contributed by atoms with Crippen LogP contribution in [0.25, 0.3) is 33.9 Å². The predicted octanol–water partition coefficient (Wildman–Crippen LogP) is 6.37. The predicted molar refractivity (Wildman–Crippen MR) is 125 cm³/mol. The first-order chi connectivity index (χ1) is 16.9. The standard InChI is InChI=1S/C26H20F2N4O3/c1-15-7-3-4-8-19(15)24-31-30-23(35-24)17-11-13-18(14-12-17)25(33)34-16(2)22-29-20-9-5-6-10-21(20)32(22)26(27)28/h3-14,16,26H,1-2H3. The summed E-state index contributed by atoms with van der Waals surface area (Å²) in [4.78, 5) is 16.9. The number of fused-ring (bicyclic) bond motifs is 1. The van der Waals surface area contributed by atoms with E-state index < -0.39 is 18.6 Å². The Morgan fingerprint density at radius 3 is 2.37 bits per heavy atom. The molecule has 0 amide bonds. The van der Waals surface area contributed by atoms with Gasteiger partial charge in [-0.25, -0.2) is 9.78 Å². The zero-order chi connectivity index (χ0) is 24.5. The smallest absolute Gasteiger partial charge is 0.338 e. The maximum Gasteiger partial charge on any atom is 0.338 e. The van der Waals surface area contributed by atoms with Crippen LogP contribution in [0.15, 0.2) is 77.2 Å². The second-order valence-electron chi connectivity index (χ2n) is 7.96. The van der Waals surface area contributed by atoms with Gasteiger partial charge in [0.1, 0.15) is 0 Å². The van der Waals surface area contributed by atoms with E-state index in [1.54, 1.807) is 48.5 Å². The van der Waals surface area contributed by atoms with Gasteiger partial charge in [-0.05, 0) is 61.9 Å². The number of carbonyl (C=O) groups is 1. The van der Waals surface area contributed by atoms with Crippen LogP contribution >= 0.6 is 0 Å². The Hall–Kier alpha value is -4.40. The maximum atomic E-state index is 13.7. The van der Waals surface area contributed by atoms with Gasteiger partial charge >= 0.3 is 12.5 Å². The van der Waals surface area contributed by atoms with Crippen molar-refractivity contribution in [1.82, 2.24) is 19.7 Å². The fraction of sp³-hybridized carbons (Fsp3) is 0.154. The van der Waals surface area contributed by atoms with E-state index in [1.807, 2.05) is 31.2 Å². The first-order valence-corrected chi connectivity index (χ1v) is 10.9. The normalized spacial score (nSPS) is 12.3. The van der Waals surface area contributed by atoms with E-state index >= 15 is 0 Å². The van der Waals surface area contributed by atoms with Gasteiger partial charge in [0.2, 0.25) is 11.8 Å². The largest absolute Gasteiger partial charge is 0.451 e. The third kappa shape index (κ3) is 4.28. The van der Waals surface area contributed by atoms with Gasteiger partial charge in [-0.15, -0.1) is 10.2 Å². The minimum atomic E-state index is -2.82. The molecule has 3 aromatic carbocycles. The van der Waals surface area contributed by atoms with Gasteiger partial charge in [-0.1, -0.05) is 30.3 Å². The molecule has 9 heteroatoms. The average Bonchev–Trinajstić information content (AvgIpc) is 3.50. The number of hydrogen-bond donors (Lipinski definition) is 0.